The first kappa shape index (κ1) is 15.3. The minimum atomic E-state index is -0.452. The first-order valence-electron chi connectivity index (χ1n) is 7.86. The Morgan fingerprint density at radius 3 is 2.61 bits per heavy atom. The minimum Gasteiger partial charge on any atom is -0.339 e. The van der Waals surface area contributed by atoms with Gasteiger partial charge in [0.05, 0.1) is 0 Å². The Balaban J connectivity index is 1.91. The molecule has 2 aromatic rings. The number of fused-ring (bicyclic) bond motifs is 1. The highest BCUT2D eigenvalue weighted by atomic mass is 16.2. The van der Waals surface area contributed by atoms with Crippen molar-refractivity contribution in [1.29, 1.82) is 0 Å². The van der Waals surface area contributed by atoms with Gasteiger partial charge in [0.15, 0.2) is 0 Å². The monoisotopic (exact) mass is 308 g/mol. The van der Waals surface area contributed by atoms with E-state index in [9.17, 15) is 9.59 Å². The zero-order chi connectivity index (χ0) is 16.4. The Bertz CT molecular complexity index is 788. The summed E-state index contributed by atoms with van der Waals surface area (Å²) in [7, 11) is 0. The summed E-state index contributed by atoms with van der Waals surface area (Å²) < 4.78 is 0. The minimum absolute atomic E-state index is 0.148. The maximum atomic E-state index is 12.3. The van der Waals surface area contributed by atoms with E-state index in [0.29, 0.717) is 18.0 Å². The molecule has 0 radical (unpaired) electrons. The Labute approximate surface area is 135 Å². The van der Waals surface area contributed by atoms with Crippen molar-refractivity contribution in [2.45, 2.75) is 26.3 Å². The van der Waals surface area contributed by atoms with Crippen LogP contribution in [0.5, 0.6) is 0 Å². The van der Waals surface area contributed by atoms with E-state index >= 15 is 0 Å². The molecule has 2 aromatic carbocycles. The third-order valence-electron chi connectivity index (χ3n) is 3.95. The summed E-state index contributed by atoms with van der Waals surface area (Å²) in [4.78, 5) is 24.5. The molecule has 2 N–H and O–H groups in total. The van der Waals surface area contributed by atoms with Crippen molar-refractivity contribution in [3.8, 4) is 0 Å². The zero-order valence-corrected chi connectivity index (χ0v) is 13.3. The Hall–Kier alpha value is -2.62. The standard InChI is InChI=1S/C19H20N2O2/c1-12(2)10-16-18(22)21-17(19(23)20-16)11-14-8-5-7-13-6-3-4-9-15(13)14/h3-9,11-12,16H,10H2,1-2H3,(H,20,23)(H,21,22)/b17-11+. The molecule has 1 aliphatic rings. The predicted molar refractivity (Wildman–Crippen MR) is 91.5 cm³/mol. The number of carbonyl (C=O) groups is 2. The number of rotatable bonds is 3. The van der Waals surface area contributed by atoms with Crippen LogP contribution in [-0.2, 0) is 9.59 Å². The highest BCUT2D eigenvalue weighted by Crippen LogP contribution is 2.21. The quantitative estimate of drug-likeness (QED) is 0.857. The summed E-state index contributed by atoms with van der Waals surface area (Å²) in [6.07, 6.45) is 2.38. The van der Waals surface area contributed by atoms with Crippen LogP contribution in [0, 0.1) is 5.92 Å². The lowest BCUT2D eigenvalue weighted by atomic mass is 10.00. The number of piperazine rings is 1. The van der Waals surface area contributed by atoms with Gasteiger partial charge in [0, 0.05) is 0 Å². The van der Waals surface area contributed by atoms with Crippen LogP contribution in [0.1, 0.15) is 25.8 Å². The number of amides is 2. The SMILES string of the molecule is CC(C)CC1NC(=O)/C(=C\c2cccc3ccccc23)NC1=O. The molecule has 118 valence electrons. The molecule has 1 saturated heterocycles. The average Bonchev–Trinajstić information content (AvgIpc) is 2.52. The molecule has 1 fully saturated rings. The molecule has 4 nitrogen and oxygen atoms in total. The van der Waals surface area contributed by atoms with Gasteiger partial charge >= 0.3 is 0 Å². The van der Waals surface area contributed by atoms with Gasteiger partial charge in [0.2, 0.25) is 5.91 Å². The molecule has 0 bridgehead atoms. The molecule has 3 rings (SSSR count). The molecular formula is C19H20N2O2. The van der Waals surface area contributed by atoms with Gasteiger partial charge < -0.3 is 10.6 Å². The van der Waals surface area contributed by atoms with E-state index in [-0.39, 0.29) is 11.8 Å². The van der Waals surface area contributed by atoms with Gasteiger partial charge in [-0.2, -0.15) is 0 Å². The Morgan fingerprint density at radius 1 is 1.09 bits per heavy atom. The number of carbonyl (C=O) groups excluding carboxylic acids is 2. The molecule has 0 aliphatic carbocycles. The fourth-order valence-corrected chi connectivity index (χ4v) is 2.85. The first-order chi connectivity index (χ1) is 11.0. The van der Waals surface area contributed by atoms with Crippen LogP contribution in [0.4, 0.5) is 0 Å². The molecule has 0 spiro atoms. The first-order valence-corrected chi connectivity index (χ1v) is 7.86. The van der Waals surface area contributed by atoms with Crippen LogP contribution >= 0.6 is 0 Å². The second-order valence-corrected chi connectivity index (χ2v) is 6.27. The molecule has 2 amide bonds. The van der Waals surface area contributed by atoms with E-state index in [1.54, 1.807) is 6.08 Å². The Morgan fingerprint density at radius 2 is 1.83 bits per heavy atom. The number of benzene rings is 2. The number of hydrogen-bond acceptors (Lipinski definition) is 2. The molecule has 0 saturated carbocycles. The van der Waals surface area contributed by atoms with Gasteiger partial charge in [-0.25, -0.2) is 0 Å². The molecule has 0 aromatic heterocycles. The molecule has 1 atom stereocenters. The predicted octanol–water partition coefficient (Wildman–Crippen LogP) is 2.84. The molecule has 23 heavy (non-hydrogen) atoms. The molecule has 4 heteroatoms. The van der Waals surface area contributed by atoms with Crippen molar-refractivity contribution in [1.82, 2.24) is 10.6 Å². The highest BCUT2D eigenvalue weighted by Gasteiger charge is 2.30. The van der Waals surface area contributed by atoms with Crippen molar-refractivity contribution < 1.29 is 9.59 Å². The van der Waals surface area contributed by atoms with Crippen molar-refractivity contribution >= 4 is 28.7 Å². The fourth-order valence-electron chi connectivity index (χ4n) is 2.85. The van der Waals surface area contributed by atoms with Gasteiger partial charge in [0.1, 0.15) is 11.7 Å². The van der Waals surface area contributed by atoms with Crippen LogP contribution in [0.25, 0.3) is 16.8 Å². The van der Waals surface area contributed by atoms with Crippen LogP contribution in [-0.4, -0.2) is 17.9 Å². The molecule has 1 unspecified atom stereocenters. The normalized spacial score (nSPS) is 20.0. The average molecular weight is 308 g/mol. The van der Waals surface area contributed by atoms with Gasteiger partial charge in [-0.15, -0.1) is 0 Å². The lowest BCUT2D eigenvalue weighted by Crippen LogP contribution is -2.55. The van der Waals surface area contributed by atoms with E-state index in [1.807, 2.05) is 56.3 Å². The maximum absolute atomic E-state index is 12.3. The largest absolute Gasteiger partial charge is 0.339 e. The fraction of sp³-hybridized carbons (Fsp3) is 0.263. The second-order valence-electron chi connectivity index (χ2n) is 6.27. The van der Waals surface area contributed by atoms with E-state index < -0.39 is 6.04 Å². The molecular weight excluding hydrogens is 288 g/mol. The maximum Gasteiger partial charge on any atom is 0.268 e. The van der Waals surface area contributed by atoms with Crippen LogP contribution in [0.2, 0.25) is 0 Å². The number of nitrogens with one attached hydrogen (secondary N) is 2. The third-order valence-corrected chi connectivity index (χ3v) is 3.95. The zero-order valence-electron chi connectivity index (χ0n) is 13.3. The smallest absolute Gasteiger partial charge is 0.268 e. The van der Waals surface area contributed by atoms with Gasteiger partial charge in [0.25, 0.3) is 5.91 Å². The van der Waals surface area contributed by atoms with Gasteiger partial charge in [-0.3, -0.25) is 9.59 Å². The summed E-state index contributed by atoms with van der Waals surface area (Å²) in [6, 6.07) is 13.4. The van der Waals surface area contributed by atoms with E-state index in [4.69, 9.17) is 0 Å². The van der Waals surface area contributed by atoms with Crippen molar-refractivity contribution in [2.24, 2.45) is 5.92 Å². The van der Waals surface area contributed by atoms with Crippen molar-refractivity contribution in [3.05, 3.63) is 53.7 Å². The van der Waals surface area contributed by atoms with Crippen LogP contribution < -0.4 is 10.6 Å². The summed E-state index contributed by atoms with van der Waals surface area (Å²) >= 11 is 0. The summed E-state index contributed by atoms with van der Waals surface area (Å²) in [5.41, 5.74) is 1.21. The van der Waals surface area contributed by atoms with E-state index in [1.165, 1.54) is 0 Å². The lowest BCUT2D eigenvalue weighted by molar-refractivity contribution is -0.131. The van der Waals surface area contributed by atoms with E-state index in [2.05, 4.69) is 10.6 Å². The molecule has 1 aliphatic heterocycles. The molecule has 1 heterocycles. The van der Waals surface area contributed by atoms with Crippen LogP contribution in [0.3, 0.4) is 0 Å². The van der Waals surface area contributed by atoms with Crippen molar-refractivity contribution in [2.75, 3.05) is 0 Å². The second kappa shape index (κ2) is 6.24. The van der Waals surface area contributed by atoms with Gasteiger partial charge in [-0.05, 0) is 34.8 Å². The highest BCUT2D eigenvalue weighted by molar-refractivity contribution is 6.08. The third kappa shape index (κ3) is 3.26. The van der Waals surface area contributed by atoms with Crippen LogP contribution in [0.15, 0.2) is 48.2 Å². The van der Waals surface area contributed by atoms with E-state index in [0.717, 1.165) is 16.3 Å². The van der Waals surface area contributed by atoms with Gasteiger partial charge in [-0.1, -0.05) is 56.3 Å². The lowest BCUT2D eigenvalue weighted by Gasteiger charge is -2.26. The number of hydrogen-bond donors (Lipinski definition) is 2. The summed E-state index contributed by atoms with van der Waals surface area (Å²) in [6.45, 7) is 4.06. The Kier molecular flexibility index (Phi) is 4.15. The van der Waals surface area contributed by atoms with Crippen molar-refractivity contribution in [3.63, 3.8) is 0 Å². The summed E-state index contributed by atoms with van der Waals surface area (Å²) in [5, 5.41) is 7.69. The summed E-state index contributed by atoms with van der Waals surface area (Å²) in [5.74, 6) is -0.0392. The topological polar surface area (TPSA) is 58.2 Å².